The molecular weight excluding hydrogens is 272 g/mol. The Morgan fingerprint density at radius 3 is 2.57 bits per heavy atom. The first-order valence-electron chi connectivity index (χ1n) is 6.48. The number of ether oxygens (including phenoxy) is 2. The average Bonchev–Trinajstić information content (AvgIpc) is 2.80. The summed E-state index contributed by atoms with van der Waals surface area (Å²) in [7, 11) is 3.19. The van der Waals surface area contributed by atoms with Crippen molar-refractivity contribution in [1.29, 1.82) is 0 Å². The number of aliphatic hydroxyl groups excluding tert-OH is 1. The van der Waals surface area contributed by atoms with Gasteiger partial charge in [-0.05, 0) is 18.2 Å². The number of aromatic nitrogens is 3. The summed E-state index contributed by atoms with van der Waals surface area (Å²) in [5.74, 6) is 1.70. The first-order chi connectivity index (χ1) is 10.2. The van der Waals surface area contributed by atoms with Crippen molar-refractivity contribution in [1.82, 2.24) is 14.8 Å². The van der Waals surface area contributed by atoms with Gasteiger partial charge in [-0.2, -0.15) is 5.10 Å². The third-order valence-corrected chi connectivity index (χ3v) is 3.39. The van der Waals surface area contributed by atoms with Crippen LogP contribution < -0.4 is 15.2 Å². The molecule has 0 amide bonds. The van der Waals surface area contributed by atoms with Gasteiger partial charge in [-0.15, -0.1) is 0 Å². The van der Waals surface area contributed by atoms with E-state index in [9.17, 15) is 0 Å². The molecule has 3 N–H and O–H groups in total. The molecular formula is C14H16N4O3. The van der Waals surface area contributed by atoms with E-state index >= 15 is 0 Å². The number of benzene rings is 1. The Morgan fingerprint density at radius 1 is 1.19 bits per heavy atom. The average molecular weight is 288 g/mol. The van der Waals surface area contributed by atoms with Gasteiger partial charge in [0, 0.05) is 5.39 Å². The Labute approximate surface area is 120 Å². The first kappa shape index (κ1) is 13.4. The molecule has 0 aliphatic heterocycles. The largest absolute Gasteiger partial charge is 0.496 e. The Hall–Kier alpha value is -2.54. The lowest BCUT2D eigenvalue weighted by Crippen LogP contribution is -2.05. The second-order valence-corrected chi connectivity index (χ2v) is 4.56. The van der Waals surface area contributed by atoms with Crippen LogP contribution in [0.3, 0.4) is 0 Å². The van der Waals surface area contributed by atoms with Crippen molar-refractivity contribution in [2.75, 3.05) is 26.6 Å². The van der Waals surface area contributed by atoms with Crippen LogP contribution in [0.2, 0.25) is 0 Å². The summed E-state index contributed by atoms with van der Waals surface area (Å²) in [6, 6.07) is 5.51. The van der Waals surface area contributed by atoms with Gasteiger partial charge in [-0.3, -0.25) is 0 Å². The molecule has 0 atom stereocenters. The Bertz CT molecular complexity index is 813. The lowest BCUT2D eigenvalue weighted by molar-refractivity contribution is 0.271. The molecule has 0 spiro atoms. The van der Waals surface area contributed by atoms with E-state index in [2.05, 4.69) is 10.1 Å². The highest BCUT2D eigenvalue weighted by Gasteiger charge is 2.15. The minimum absolute atomic E-state index is 0.0365. The molecule has 1 aromatic carbocycles. The third kappa shape index (κ3) is 2.02. The number of nitrogen functional groups attached to an aromatic ring is 1. The SMILES string of the molecule is COc1ccc(OC)c2nc3c(cc12)c(N)nn3CCO. The van der Waals surface area contributed by atoms with E-state index in [1.807, 2.05) is 12.1 Å². The number of fused-ring (bicyclic) bond motifs is 2. The first-order valence-corrected chi connectivity index (χ1v) is 6.48. The molecule has 0 radical (unpaired) electrons. The highest BCUT2D eigenvalue weighted by molar-refractivity contribution is 6.01. The summed E-state index contributed by atoms with van der Waals surface area (Å²) in [5.41, 5.74) is 7.22. The zero-order chi connectivity index (χ0) is 15.0. The van der Waals surface area contributed by atoms with Gasteiger partial charge < -0.3 is 20.3 Å². The summed E-state index contributed by atoms with van der Waals surface area (Å²) < 4.78 is 12.3. The highest BCUT2D eigenvalue weighted by Crippen LogP contribution is 2.35. The molecule has 110 valence electrons. The fourth-order valence-electron chi connectivity index (χ4n) is 2.41. The fourth-order valence-corrected chi connectivity index (χ4v) is 2.41. The summed E-state index contributed by atoms with van der Waals surface area (Å²) >= 11 is 0. The zero-order valence-electron chi connectivity index (χ0n) is 11.8. The molecule has 0 aliphatic rings. The lowest BCUT2D eigenvalue weighted by Gasteiger charge is -2.09. The van der Waals surface area contributed by atoms with Gasteiger partial charge in [0.2, 0.25) is 0 Å². The number of anilines is 1. The van der Waals surface area contributed by atoms with Gasteiger partial charge in [0.15, 0.2) is 11.5 Å². The molecule has 2 heterocycles. The van der Waals surface area contributed by atoms with Crippen molar-refractivity contribution in [3.63, 3.8) is 0 Å². The minimum Gasteiger partial charge on any atom is -0.496 e. The molecule has 0 unspecified atom stereocenters. The van der Waals surface area contributed by atoms with E-state index in [1.165, 1.54) is 0 Å². The maximum atomic E-state index is 9.11. The Morgan fingerprint density at radius 2 is 1.90 bits per heavy atom. The molecule has 0 saturated carbocycles. The number of methoxy groups -OCH3 is 2. The molecule has 21 heavy (non-hydrogen) atoms. The van der Waals surface area contributed by atoms with Crippen LogP contribution in [0.25, 0.3) is 21.9 Å². The van der Waals surface area contributed by atoms with E-state index in [0.29, 0.717) is 35.0 Å². The van der Waals surface area contributed by atoms with Gasteiger partial charge in [0.1, 0.15) is 17.0 Å². The molecule has 0 bridgehead atoms. The number of hydrogen-bond donors (Lipinski definition) is 2. The predicted octanol–water partition coefficient (Wildman–Crippen LogP) is 1.18. The van der Waals surface area contributed by atoms with Gasteiger partial charge in [-0.1, -0.05) is 0 Å². The van der Waals surface area contributed by atoms with Gasteiger partial charge in [-0.25, -0.2) is 9.67 Å². The topological polar surface area (TPSA) is 95.4 Å². The Kier molecular flexibility index (Phi) is 3.26. The highest BCUT2D eigenvalue weighted by atomic mass is 16.5. The van der Waals surface area contributed by atoms with Crippen molar-refractivity contribution in [2.45, 2.75) is 6.54 Å². The second kappa shape index (κ2) is 5.10. The minimum atomic E-state index is -0.0365. The van der Waals surface area contributed by atoms with Gasteiger partial charge in [0.25, 0.3) is 0 Å². The second-order valence-electron chi connectivity index (χ2n) is 4.56. The van der Waals surface area contributed by atoms with Gasteiger partial charge in [0.05, 0.1) is 32.8 Å². The Balaban J connectivity index is 2.40. The third-order valence-electron chi connectivity index (χ3n) is 3.39. The van der Waals surface area contributed by atoms with Crippen LogP contribution >= 0.6 is 0 Å². The summed E-state index contributed by atoms with van der Waals surface area (Å²) in [6.07, 6.45) is 0. The molecule has 0 fully saturated rings. The van der Waals surface area contributed by atoms with Crippen molar-refractivity contribution in [2.24, 2.45) is 0 Å². The number of nitrogens with two attached hydrogens (primary N) is 1. The van der Waals surface area contributed by atoms with E-state index in [0.717, 1.165) is 10.8 Å². The summed E-state index contributed by atoms with van der Waals surface area (Å²) in [5, 5.41) is 14.8. The molecule has 0 saturated heterocycles. The van der Waals surface area contributed by atoms with E-state index < -0.39 is 0 Å². The normalized spacial score (nSPS) is 11.2. The van der Waals surface area contributed by atoms with Crippen LogP contribution in [0, 0.1) is 0 Å². The summed E-state index contributed by atoms with van der Waals surface area (Å²) in [4.78, 5) is 4.60. The quantitative estimate of drug-likeness (QED) is 0.748. The summed E-state index contributed by atoms with van der Waals surface area (Å²) in [6.45, 7) is 0.295. The van der Waals surface area contributed by atoms with Crippen LogP contribution in [0.5, 0.6) is 11.5 Å². The number of nitrogens with zero attached hydrogens (tertiary/aromatic N) is 3. The number of aliphatic hydroxyl groups is 1. The van der Waals surface area contributed by atoms with Crippen LogP contribution in [0.15, 0.2) is 18.2 Å². The van der Waals surface area contributed by atoms with Crippen LogP contribution in [-0.4, -0.2) is 40.7 Å². The molecule has 3 aromatic rings. The number of rotatable bonds is 4. The fraction of sp³-hybridized carbons (Fsp3) is 0.286. The molecule has 3 rings (SSSR count). The number of pyridine rings is 1. The smallest absolute Gasteiger partial charge is 0.160 e. The van der Waals surface area contributed by atoms with Crippen LogP contribution in [0.4, 0.5) is 5.82 Å². The van der Waals surface area contributed by atoms with Crippen molar-refractivity contribution in [3.05, 3.63) is 18.2 Å². The van der Waals surface area contributed by atoms with Crippen molar-refractivity contribution in [3.8, 4) is 11.5 Å². The van der Waals surface area contributed by atoms with Crippen LogP contribution in [0.1, 0.15) is 0 Å². The molecule has 7 heteroatoms. The lowest BCUT2D eigenvalue weighted by atomic mass is 10.1. The zero-order valence-corrected chi connectivity index (χ0v) is 11.8. The van der Waals surface area contributed by atoms with E-state index in [1.54, 1.807) is 25.0 Å². The van der Waals surface area contributed by atoms with Crippen molar-refractivity contribution < 1.29 is 14.6 Å². The molecule has 0 aliphatic carbocycles. The predicted molar refractivity (Wildman–Crippen MR) is 79.6 cm³/mol. The van der Waals surface area contributed by atoms with Gasteiger partial charge >= 0.3 is 0 Å². The van der Waals surface area contributed by atoms with Crippen LogP contribution in [-0.2, 0) is 6.54 Å². The van der Waals surface area contributed by atoms with E-state index in [4.69, 9.17) is 20.3 Å². The maximum Gasteiger partial charge on any atom is 0.160 e. The number of hydrogen-bond acceptors (Lipinski definition) is 6. The molecule has 7 nitrogen and oxygen atoms in total. The monoisotopic (exact) mass is 288 g/mol. The molecule has 2 aromatic heterocycles. The van der Waals surface area contributed by atoms with E-state index in [-0.39, 0.29) is 6.61 Å². The maximum absolute atomic E-state index is 9.11. The standard InChI is InChI=1S/C14H16N4O3/c1-20-10-3-4-11(21-2)12-8(10)7-9-13(15)17-18(5-6-19)14(9)16-12/h3-4,7,19H,5-6H2,1-2H3,(H2,15,17). The van der Waals surface area contributed by atoms with Crippen molar-refractivity contribution >= 4 is 27.8 Å².